The highest BCUT2D eigenvalue weighted by atomic mass is 16.5. The van der Waals surface area contributed by atoms with Crippen LogP contribution in [0.15, 0.2) is 0 Å². The van der Waals surface area contributed by atoms with Crippen LogP contribution in [0.25, 0.3) is 0 Å². The molecule has 1 aliphatic heterocycles. The molecule has 0 aromatic rings. The number of nitrogens with zero attached hydrogens (tertiary/aromatic N) is 2. The van der Waals surface area contributed by atoms with Gasteiger partial charge in [-0.3, -0.25) is 4.79 Å². The number of ether oxygens (including phenoxy) is 1. The van der Waals surface area contributed by atoms with Gasteiger partial charge in [-0.2, -0.15) is 5.26 Å². The van der Waals surface area contributed by atoms with Crippen molar-refractivity contribution < 1.29 is 9.53 Å². The Hall–Kier alpha value is -1.12. The van der Waals surface area contributed by atoms with Gasteiger partial charge in [0.1, 0.15) is 6.04 Å². The number of amides is 1. The maximum Gasteiger partial charge on any atom is 0.237 e. The number of rotatable bonds is 5. The molecule has 5 nitrogen and oxygen atoms in total. The van der Waals surface area contributed by atoms with Gasteiger partial charge in [-0.25, -0.2) is 0 Å². The van der Waals surface area contributed by atoms with Crippen molar-refractivity contribution in [3.05, 3.63) is 0 Å². The van der Waals surface area contributed by atoms with Crippen molar-refractivity contribution in [2.24, 2.45) is 17.8 Å². The number of carbonyl (C=O) groups excluding carboxylic acids is 1. The van der Waals surface area contributed by atoms with Gasteiger partial charge >= 0.3 is 0 Å². The lowest BCUT2D eigenvalue weighted by molar-refractivity contribution is -0.130. The maximum absolute atomic E-state index is 12.5. The molecule has 1 amide bonds. The van der Waals surface area contributed by atoms with Crippen LogP contribution in [0, 0.1) is 29.1 Å². The summed E-state index contributed by atoms with van der Waals surface area (Å²) in [6.45, 7) is 8.32. The van der Waals surface area contributed by atoms with Crippen LogP contribution in [0.2, 0.25) is 0 Å². The SMILES string of the molecule is CCO[C@@H]1C[C@@H]2C[C@@](C)(NCC(=O)N3C[C@@H](C)C[C@H]3C#N)C[C@@H]2C1. The van der Waals surface area contributed by atoms with Crippen LogP contribution < -0.4 is 5.32 Å². The minimum Gasteiger partial charge on any atom is -0.378 e. The van der Waals surface area contributed by atoms with Crippen LogP contribution in [0.3, 0.4) is 0 Å². The molecule has 0 spiro atoms. The minimum absolute atomic E-state index is 0.0512. The van der Waals surface area contributed by atoms with Crippen molar-refractivity contribution in [2.75, 3.05) is 19.7 Å². The quantitative estimate of drug-likeness (QED) is 0.838. The molecular weight excluding hydrogens is 302 g/mol. The summed E-state index contributed by atoms with van der Waals surface area (Å²) < 4.78 is 5.80. The fourth-order valence-corrected chi connectivity index (χ4v) is 5.25. The van der Waals surface area contributed by atoms with Gasteiger partial charge in [0.15, 0.2) is 0 Å². The topological polar surface area (TPSA) is 65.4 Å². The number of fused-ring (bicyclic) bond motifs is 1. The minimum atomic E-state index is -0.239. The lowest BCUT2D eigenvalue weighted by Crippen LogP contribution is -2.48. The van der Waals surface area contributed by atoms with Crippen LogP contribution in [0.1, 0.15) is 52.9 Å². The summed E-state index contributed by atoms with van der Waals surface area (Å²) in [5.74, 6) is 1.97. The number of hydrogen-bond acceptors (Lipinski definition) is 4. The molecule has 3 fully saturated rings. The number of likely N-dealkylation sites (tertiary alicyclic amines) is 1. The largest absolute Gasteiger partial charge is 0.378 e. The Morgan fingerprint density at radius 2 is 2.00 bits per heavy atom. The molecule has 1 heterocycles. The van der Waals surface area contributed by atoms with Crippen molar-refractivity contribution in [3.63, 3.8) is 0 Å². The van der Waals surface area contributed by atoms with Crippen molar-refractivity contribution in [3.8, 4) is 6.07 Å². The Morgan fingerprint density at radius 1 is 1.33 bits per heavy atom. The molecule has 0 aromatic carbocycles. The summed E-state index contributed by atoms with van der Waals surface area (Å²) >= 11 is 0. The monoisotopic (exact) mass is 333 g/mol. The molecule has 6 atom stereocenters. The van der Waals surface area contributed by atoms with E-state index in [0.29, 0.717) is 18.6 Å². The van der Waals surface area contributed by atoms with Gasteiger partial charge < -0.3 is 15.0 Å². The van der Waals surface area contributed by atoms with E-state index >= 15 is 0 Å². The van der Waals surface area contributed by atoms with Crippen LogP contribution in [0.5, 0.6) is 0 Å². The first kappa shape index (κ1) is 17.7. The van der Waals surface area contributed by atoms with E-state index in [4.69, 9.17) is 4.74 Å². The summed E-state index contributed by atoms with van der Waals surface area (Å²) in [6.07, 6.45) is 5.86. The predicted molar refractivity (Wildman–Crippen MR) is 92.2 cm³/mol. The van der Waals surface area contributed by atoms with E-state index in [-0.39, 0.29) is 17.5 Å². The van der Waals surface area contributed by atoms with Crippen LogP contribution in [-0.4, -0.2) is 48.2 Å². The molecule has 134 valence electrons. The highest BCUT2D eigenvalue weighted by Crippen LogP contribution is 2.49. The lowest BCUT2D eigenvalue weighted by Gasteiger charge is -2.29. The zero-order valence-electron chi connectivity index (χ0n) is 15.3. The first-order chi connectivity index (χ1) is 11.4. The van der Waals surface area contributed by atoms with Crippen molar-refractivity contribution in [1.29, 1.82) is 5.26 Å². The van der Waals surface area contributed by atoms with E-state index in [1.165, 1.54) is 12.8 Å². The van der Waals surface area contributed by atoms with Crippen molar-refractivity contribution in [1.82, 2.24) is 10.2 Å². The van der Waals surface area contributed by atoms with E-state index in [1.54, 1.807) is 4.90 Å². The van der Waals surface area contributed by atoms with Gasteiger partial charge in [-0.1, -0.05) is 6.92 Å². The van der Waals surface area contributed by atoms with Crippen LogP contribution in [-0.2, 0) is 9.53 Å². The summed E-state index contributed by atoms with van der Waals surface area (Å²) in [7, 11) is 0. The second-order valence-electron chi connectivity index (χ2n) is 8.42. The van der Waals surface area contributed by atoms with E-state index in [9.17, 15) is 10.1 Å². The molecule has 5 heteroatoms. The fraction of sp³-hybridized carbons (Fsp3) is 0.895. The Balaban J connectivity index is 1.49. The Bertz CT molecular complexity index is 501. The zero-order valence-corrected chi connectivity index (χ0v) is 15.3. The van der Waals surface area contributed by atoms with Crippen molar-refractivity contribution >= 4 is 5.91 Å². The van der Waals surface area contributed by atoms with E-state index in [0.717, 1.165) is 44.2 Å². The molecule has 1 N–H and O–H groups in total. The lowest BCUT2D eigenvalue weighted by atomic mass is 9.95. The van der Waals surface area contributed by atoms with Crippen molar-refractivity contribution in [2.45, 2.75) is 70.6 Å². The average Bonchev–Trinajstić information content (AvgIpc) is 3.16. The van der Waals surface area contributed by atoms with Gasteiger partial charge in [0, 0.05) is 18.7 Å². The molecule has 2 saturated carbocycles. The van der Waals surface area contributed by atoms with Crippen LogP contribution >= 0.6 is 0 Å². The first-order valence-electron chi connectivity index (χ1n) is 9.50. The highest BCUT2D eigenvalue weighted by molar-refractivity contribution is 5.79. The molecule has 2 aliphatic carbocycles. The summed E-state index contributed by atoms with van der Waals surface area (Å²) in [6, 6.07) is 2.04. The second kappa shape index (κ2) is 7.01. The maximum atomic E-state index is 12.5. The number of hydrogen-bond donors (Lipinski definition) is 1. The molecular formula is C19H31N3O2. The Labute approximate surface area is 145 Å². The molecule has 0 aromatic heterocycles. The van der Waals surface area contributed by atoms with Gasteiger partial charge in [-0.05, 0) is 63.7 Å². The van der Waals surface area contributed by atoms with Crippen LogP contribution in [0.4, 0.5) is 0 Å². The zero-order chi connectivity index (χ0) is 17.3. The third-order valence-electron chi connectivity index (χ3n) is 6.27. The number of carbonyl (C=O) groups is 1. The standard InChI is InChI=1S/C19H31N3O2/c1-4-24-17-6-14-8-19(3,9-15(14)7-17)21-11-18(23)22-12-13(2)5-16(22)10-20/h13-17,21H,4-9,11-12H2,1-3H3/t13-,14-,15+,16-,17-,19-/m0/s1. The Morgan fingerprint density at radius 3 is 2.58 bits per heavy atom. The highest BCUT2D eigenvalue weighted by Gasteiger charge is 2.47. The number of nitrogens with one attached hydrogen (secondary N) is 1. The smallest absolute Gasteiger partial charge is 0.237 e. The van der Waals surface area contributed by atoms with Gasteiger partial charge in [0.25, 0.3) is 0 Å². The van der Waals surface area contributed by atoms with Gasteiger partial charge in [-0.15, -0.1) is 0 Å². The molecule has 1 saturated heterocycles. The normalized spacial score (nSPS) is 41.4. The second-order valence-corrected chi connectivity index (χ2v) is 8.42. The molecule has 0 unspecified atom stereocenters. The molecule has 3 aliphatic rings. The predicted octanol–water partition coefficient (Wildman–Crippen LogP) is 2.32. The molecule has 24 heavy (non-hydrogen) atoms. The van der Waals surface area contributed by atoms with E-state index < -0.39 is 0 Å². The third-order valence-corrected chi connectivity index (χ3v) is 6.27. The first-order valence-corrected chi connectivity index (χ1v) is 9.50. The summed E-state index contributed by atoms with van der Waals surface area (Å²) in [5.41, 5.74) is 0.0512. The average molecular weight is 333 g/mol. The molecule has 3 rings (SSSR count). The summed E-state index contributed by atoms with van der Waals surface area (Å²) in [4.78, 5) is 14.3. The molecule has 0 radical (unpaired) electrons. The van der Waals surface area contributed by atoms with Gasteiger partial charge in [0.2, 0.25) is 5.91 Å². The Kier molecular flexibility index (Phi) is 5.17. The van der Waals surface area contributed by atoms with E-state index in [2.05, 4.69) is 32.2 Å². The third kappa shape index (κ3) is 3.60. The molecule has 0 bridgehead atoms. The summed E-state index contributed by atoms with van der Waals surface area (Å²) in [5, 5.41) is 12.8. The fourth-order valence-electron chi connectivity index (χ4n) is 5.25. The van der Waals surface area contributed by atoms with Gasteiger partial charge in [0.05, 0.1) is 18.7 Å². The number of nitriles is 1. The van der Waals surface area contributed by atoms with E-state index in [1.807, 2.05) is 0 Å².